The Bertz CT molecular complexity index is 1340. The third-order valence-corrected chi connectivity index (χ3v) is 7.38. The average molecular weight is 468 g/mol. The van der Waals surface area contributed by atoms with Crippen LogP contribution in [0.15, 0.2) is 70.6 Å². The number of nitrogens with zero attached hydrogens (tertiary/aromatic N) is 2. The molecular weight excluding hydrogens is 438 g/mol. The smallest absolute Gasteiger partial charge is 0.192 e. The quantitative estimate of drug-likeness (QED) is 0.710. The molecule has 178 valence electrons. The highest BCUT2D eigenvalue weighted by Gasteiger charge is 2.46. The van der Waals surface area contributed by atoms with E-state index in [0.29, 0.717) is 57.8 Å². The van der Waals surface area contributed by atoms with Gasteiger partial charge in [0.05, 0.1) is 11.6 Å². The number of benzene rings is 2. The zero-order chi connectivity index (χ0) is 24.1. The van der Waals surface area contributed by atoms with Crippen LogP contribution in [0.4, 0.5) is 5.69 Å². The summed E-state index contributed by atoms with van der Waals surface area (Å²) in [4.78, 5) is 34.7. The monoisotopic (exact) mass is 467 g/mol. The van der Waals surface area contributed by atoms with Crippen molar-refractivity contribution >= 4 is 23.0 Å². The topological polar surface area (TPSA) is 71.0 Å². The van der Waals surface area contributed by atoms with Crippen LogP contribution in [0.1, 0.15) is 46.0 Å². The van der Waals surface area contributed by atoms with E-state index in [-0.39, 0.29) is 11.6 Å². The molecule has 1 unspecified atom stereocenters. The maximum atomic E-state index is 13.7. The SMILES string of the molecule is Cc1ccc2c(c1)OC1=CC(NCCN3CCC[C@@H](C)C3)=C3C(=O)c4ccccc4C(=O)C3C1=N2. The molecule has 6 heteroatoms. The van der Waals surface area contributed by atoms with Crippen LogP contribution in [0.5, 0.6) is 5.75 Å². The van der Waals surface area contributed by atoms with E-state index in [4.69, 9.17) is 9.73 Å². The van der Waals surface area contributed by atoms with Crippen molar-refractivity contribution in [2.45, 2.75) is 26.7 Å². The van der Waals surface area contributed by atoms with Gasteiger partial charge in [0.1, 0.15) is 5.69 Å². The molecule has 0 radical (unpaired) electrons. The fraction of sp³-hybridized carbons (Fsp3) is 0.345. The van der Waals surface area contributed by atoms with Gasteiger partial charge in [0.15, 0.2) is 23.1 Å². The number of allylic oxidation sites excluding steroid dienone is 3. The van der Waals surface area contributed by atoms with Crippen LogP contribution in [-0.4, -0.2) is 48.4 Å². The number of carbonyl (C=O) groups excluding carboxylic acids is 2. The molecule has 0 saturated carbocycles. The molecule has 6 rings (SSSR count). The highest BCUT2D eigenvalue weighted by Crippen LogP contribution is 2.43. The number of ketones is 2. The lowest BCUT2D eigenvalue weighted by molar-refractivity contribution is 0.0908. The lowest BCUT2D eigenvalue weighted by Crippen LogP contribution is -2.43. The number of aryl methyl sites for hydroxylation is 1. The number of nitrogens with one attached hydrogen (secondary N) is 1. The van der Waals surface area contributed by atoms with E-state index in [1.807, 2.05) is 31.2 Å². The van der Waals surface area contributed by atoms with Crippen LogP contribution in [-0.2, 0) is 0 Å². The molecule has 35 heavy (non-hydrogen) atoms. The first-order chi connectivity index (χ1) is 17.0. The molecule has 0 bridgehead atoms. The van der Waals surface area contributed by atoms with Gasteiger partial charge in [-0.1, -0.05) is 37.3 Å². The molecule has 2 heterocycles. The van der Waals surface area contributed by atoms with Gasteiger partial charge in [0.2, 0.25) is 0 Å². The van der Waals surface area contributed by atoms with Gasteiger partial charge in [0, 0.05) is 48.1 Å². The van der Waals surface area contributed by atoms with Crippen molar-refractivity contribution < 1.29 is 14.3 Å². The van der Waals surface area contributed by atoms with Gasteiger partial charge in [0.25, 0.3) is 0 Å². The Hall–Kier alpha value is -3.51. The minimum absolute atomic E-state index is 0.108. The van der Waals surface area contributed by atoms with E-state index < -0.39 is 5.92 Å². The number of rotatable bonds is 4. The number of aliphatic imine (C=N–C) groups is 1. The molecule has 1 fully saturated rings. The van der Waals surface area contributed by atoms with Crippen molar-refractivity contribution in [3.8, 4) is 5.75 Å². The maximum absolute atomic E-state index is 13.7. The third kappa shape index (κ3) is 3.82. The van der Waals surface area contributed by atoms with Crippen LogP contribution in [0, 0.1) is 18.8 Å². The van der Waals surface area contributed by atoms with Crippen LogP contribution in [0.3, 0.4) is 0 Å². The molecule has 2 aromatic carbocycles. The van der Waals surface area contributed by atoms with E-state index in [1.54, 1.807) is 24.3 Å². The standard InChI is InChI=1S/C29H29N3O3/c1-17-9-10-21-23(14-17)35-24-15-22(30-11-13-32-12-5-6-18(2)16-32)25-26(27(24)31-21)29(34)20-8-4-3-7-19(20)28(25)33/h3-4,7-10,14-15,18,26,30H,5-6,11-13,16H2,1-2H3/t18-,26?/m1/s1. The van der Waals surface area contributed by atoms with Crippen molar-refractivity contribution in [2.24, 2.45) is 16.8 Å². The van der Waals surface area contributed by atoms with Crippen LogP contribution < -0.4 is 10.1 Å². The zero-order valence-electron chi connectivity index (χ0n) is 20.1. The largest absolute Gasteiger partial charge is 0.453 e. The molecule has 4 aliphatic rings. The van der Waals surface area contributed by atoms with Gasteiger partial charge in [-0.15, -0.1) is 0 Å². The normalized spacial score (nSPS) is 23.4. The Labute approximate surface area is 205 Å². The Morgan fingerprint density at radius 3 is 2.80 bits per heavy atom. The van der Waals surface area contributed by atoms with Gasteiger partial charge in [-0.25, -0.2) is 4.99 Å². The number of fused-ring (bicyclic) bond motifs is 5. The van der Waals surface area contributed by atoms with Gasteiger partial charge in [-0.05, 0) is 49.9 Å². The zero-order valence-corrected chi connectivity index (χ0v) is 20.1. The molecule has 2 aromatic rings. The highest BCUT2D eigenvalue weighted by molar-refractivity contribution is 6.33. The predicted octanol–water partition coefficient (Wildman–Crippen LogP) is 4.63. The van der Waals surface area contributed by atoms with E-state index >= 15 is 0 Å². The van der Waals surface area contributed by atoms with Crippen molar-refractivity contribution in [2.75, 3.05) is 26.2 Å². The Kier molecular flexibility index (Phi) is 5.41. The second-order valence-corrected chi connectivity index (χ2v) is 10.1. The average Bonchev–Trinajstić information content (AvgIpc) is 2.85. The number of likely N-dealkylation sites (tertiary alicyclic amines) is 1. The number of ether oxygens (including phenoxy) is 1. The van der Waals surface area contributed by atoms with Gasteiger partial charge < -0.3 is 15.0 Å². The first-order valence-electron chi connectivity index (χ1n) is 12.5. The van der Waals surface area contributed by atoms with Crippen LogP contribution in [0.2, 0.25) is 0 Å². The van der Waals surface area contributed by atoms with Crippen molar-refractivity contribution in [3.05, 3.63) is 82.3 Å². The summed E-state index contributed by atoms with van der Waals surface area (Å²) in [6.07, 6.45) is 4.36. The summed E-state index contributed by atoms with van der Waals surface area (Å²) in [5.41, 5.74) is 4.31. The Balaban J connectivity index is 1.39. The summed E-state index contributed by atoms with van der Waals surface area (Å²) in [5.74, 6) is 0.907. The predicted molar refractivity (Wildman–Crippen MR) is 135 cm³/mol. The van der Waals surface area contributed by atoms with Gasteiger partial charge in [-0.2, -0.15) is 0 Å². The molecule has 0 aromatic heterocycles. The minimum atomic E-state index is -0.774. The minimum Gasteiger partial charge on any atom is -0.453 e. The lowest BCUT2D eigenvalue weighted by Gasteiger charge is -2.35. The molecule has 2 atom stereocenters. The summed E-state index contributed by atoms with van der Waals surface area (Å²) in [6, 6.07) is 12.9. The molecule has 0 amide bonds. The van der Waals surface area contributed by atoms with Crippen molar-refractivity contribution in [1.82, 2.24) is 10.2 Å². The molecule has 0 spiro atoms. The summed E-state index contributed by atoms with van der Waals surface area (Å²) in [5, 5.41) is 3.49. The highest BCUT2D eigenvalue weighted by atomic mass is 16.5. The van der Waals surface area contributed by atoms with Gasteiger partial charge in [-0.3, -0.25) is 9.59 Å². The molecule has 2 aliphatic carbocycles. The van der Waals surface area contributed by atoms with Gasteiger partial charge >= 0.3 is 0 Å². The summed E-state index contributed by atoms with van der Waals surface area (Å²) in [7, 11) is 0. The first-order valence-corrected chi connectivity index (χ1v) is 12.5. The molecular formula is C29H29N3O3. The second kappa shape index (κ2) is 8.61. The molecule has 6 nitrogen and oxygen atoms in total. The van der Waals surface area contributed by atoms with Crippen LogP contribution >= 0.6 is 0 Å². The molecule has 1 saturated heterocycles. The molecule has 1 N–H and O–H groups in total. The van der Waals surface area contributed by atoms with E-state index in [1.165, 1.54) is 12.8 Å². The number of carbonyl (C=O) groups is 2. The fourth-order valence-electron chi connectivity index (χ4n) is 5.65. The van der Waals surface area contributed by atoms with Crippen molar-refractivity contribution in [1.29, 1.82) is 0 Å². The summed E-state index contributed by atoms with van der Waals surface area (Å²) < 4.78 is 6.26. The van der Waals surface area contributed by atoms with E-state index in [2.05, 4.69) is 17.1 Å². The Morgan fingerprint density at radius 2 is 1.97 bits per heavy atom. The number of hydrogen-bond donors (Lipinski definition) is 1. The third-order valence-electron chi connectivity index (χ3n) is 7.38. The second-order valence-electron chi connectivity index (χ2n) is 10.1. The number of hydrogen-bond acceptors (Lipinski definition) is 6. The Morgan fingerprint density at radius 1 is 1.14 bits per heavy atom. The first kappa shape index (κ1) is 22.0. The van der Waals surface area contributed by atoms with E-state index in [9.17, 15) is 9.59 Å². The lowest BCUT2D eigenvalue weighted by atomic mass is 9.72. The number of piperidine rings is 1. The van der Waals surface area contributed by atoms with Crippen molar-refractivity contribution in [3.63, 3.8) is 0 Å². The summed E-state index contributed by atoms with van der Waals surface area (Å²) >= 11 is 0. The van der Waals surface area contributed by atoms with E-state index in [0.717, 1.165) is 25.2 Å². The van der Waals surface area contributed by atoms with Crippen LogP contribution in [0.25, 0.3) is 0 Å². The molecule has 2 aliphatic heterocycles. The summed E-state index contributed by atoms with van der Waals surface area (Å²) in [6.45, 7) is 8.07. The fourth-order valence-corrected chi connectivity index (χ4v) is 5.65. The maximum Gasteiger partial charge on any atom is 0.192 e. The number of Topliss-reactive ketones (excluding diaryl/α,β-unsaturated/α-hetero) is 2.